The van der Waals surface area contributed by atoms with Gasteiger partial charge in [-0.05, 0) is 23.6 Å². The van der Waals surface area contributed by atoms with Gasteiger partial charge in [0.25, 0.3) is 0 Å². The third kappa shape index (κ3) is 2.80. The van der Waals surface area contributed by atoms with Gasteiger partial charge in [-0.1, -0.05) is 12.1 Å². The minimum atomic E-state index is -0.999. The highest BCUT2D eigenvalue weighted by Crippen LogP contribution is 2.26. The minimum absolute atomic E-state index is 0.0475. The van der Waals surface area contributed by atoms with Gasteiger partial charge in [0.1, 0.15) is 12.2 Å². The van der Waals surface area contributed by atoms with Gasteiger partial charge < -0.3 is 20.8 Å². The topological polar surface area (TPSA) is 81.6 Å². The first-order chi connectivity index (χ1) is 8.58. The van der Waals surface area contributed by atoms with Crippen LogP contribution in [0.15, 0.2) is 18.2 Å². The first kappa shape index (κ1) is 12.9. The van der Waals surface area contributed by atoms with E-state index < -0.39 is 12.2 Å². The largest absolute Gasteiger partial charge is 0.388 e. The van der Waals surface area contributed by atoms with E-state index in [4.69, 9.17) is 0 Å². The van der Waals surface area contributed by atoms with Crippen molar-refractivity contribution in [1.29, 1.82) is 0 Å². The summed E-state index contributed by atoms with van der Waals surface area (Å²) < 4.78 is 0. The highest BCUT2D eigenvalue weighted by atomic mass is 16.3. The van der Waals surface area contributed by atoms with Crippen molar-refractivity contribution in [3.63, 3.8) is 0 Å². The first-order valence-electron chi connectivity index (χ1n) is 6.05. The Morgan fingerprint density at radius 3 is 3.00 bits per heavy atom. The van der Waals surface area contributed by atoms with Crippen LogP contribution >= 0.6 is 0 Å². The van der Waals surface area contributed by atoms with Crippen LogP contribution in [0.3, 0.4) is 0 Å². The van der Waals surface area contributed by atoms with Gasteiger partial charge in [-0.2, -0.15) is 0 Å². The van der Waals surface area contributed by atoms with Gasteiger partial charge in [-0.3, -0.25) is 4.79 Å². The Kier molecular flexibility index (Phi) is 3.84. The van der Waals surface area contributed by atoms with E-state index in [2.05, 4.69) is 10.6 Å². The fraction of sp³-hybridized carbons (Fsp3) is 0.462. The van der Waals surface area contributed by atoms with Gasteiger partial charge in [-0.25, -0.2) is 0 Å². The molecule has 1 aromatic rings. The van der Waals surface area contributed by atoms with Gasteiger partial charge in [-0.15, -0.1) is 0 Å². The lowest BCUT2D eigenvalue weighted by atomic mass is 10.0. The third-order valence-corrected chi connectivity index (χ3v) is 3.11. The summed E-state index contributed by atoms with van der Waals surface area (Å²) in [5, 5.41) is 25.5. The number of benzene rings is 1. The summed E-state index contributed by atoms with van der Waals surface area (Å²) in [7, 11) is 0. The van der Waals surface area contributed by atoms with E-state index in [0.29, 0.717) is 5.56 Å². The van der Waals surface area contributed by atoms with Gasteiger partial charge in [0.15, 0.2) is 0 Å². The number of anilines is 1. The summed E-state index contributed by atoms with van der Waals surface area (Å²) in [6, 6.07) is 5.60. The molecule has 4 N–H and O–H groups in total. The fourth-order valence-electron chi connectivity index (χ4n) is 2.09. The Morgan fingerprint density at radius 1 is 1.50 bits per heavy atom. The predicted molar refractivity (Wildman–Crippen MR) is 68.3 cm³/mol. The summed E-state index contributed by atoms with van der Waals surface area (Å²) >= 11 is 0. The molecular weight excluding hydrogens is 232 g/mol. The van der Waals surface area contributed by atoms with E-state index in [0.717, 1.165) is 24.2 Å². The van der Waals surface area contributed by atoms with Crippen LogP contribution in [0.2, 0.25) is 0 Å². The summed E-state index contributed by atoms with van der Waals surface area (Å²) in [5.74, 6) is -0.223. The number of aliphatic hydroxyl groups excluding tert-OH is 2. The van der Waals surface area contributed by atoms with Crippen molar-refractivity contribution in [1.82, 2.24) is 5.32 Å². The summed E-state index contributed by atoms with van der Waals surface area (Å²) in [4.78, 5) is 10.7. The number of hydrogen-bond acceptors (Lipinski definition) is 4. The Hall–Kier alpha value is -1.59. The Morgan fingerprint density at radius 2 is 2.28 bits per heavy atom. The van der Waals surface area contributed by atoms with Crippen LogP contribution in [0.5, 0.6) is 0 Å². The lowest BCUT2D eigenvalue weighted by Crippen LogP contribution is -2.34. The lowest BCUT2D eigenvalue weighted by molar-refractivity contribution is -0.119. The zero-order valence-corrected chi connectivity index (χ0v) is 10.3. The zero-order valence-electron chi connectivity index (χ0n) is 10.3. The number of hydrogen-bond donors (Lipinski definition) is 4. The molecule has 0 bridgehead atoms. The standard InChI is InChI=1S/C13H18N2O3/c1-8(16)15-7-12(17)13(18)10-2-3-11-9(6-10)4-5-14-11/h2-3,6,12-14,17-18H,4-5,7H2,1H3,(H,15,16). The van der Waals surface area contributed by atoms with Crippen molar-refractivity contribution in [3.8, 4) is 0 Å². The average molecular weight is 250 g/mol. The van der Waals surface area contributed by atoms with Crippen LogP contribution in [-0.2, 0) is 11.2 Å². The molecule has 2 atom stereocenters. The molecule has 0 saturated carbocycles. The predicted octanol–water partition coefficient (Wildman–Crippen LogP) is 0.185. The third-order valence-electron chi connectivity index (χ3n) is 3.11. The molecule has 1 heterocycles. The maximum atomic E-state index is 10.7. The fourth-order valence-corrected chi connectivity index (χ4v) is 2.09. The Balaban J connectivity index is 2.04. The second kappa shape index (κ2) is 5.37. The van der Waals surface area contributed by atoms with E-state index in [1.807, 2.05) is 12.1 Å². The molecule has 1 aromatic carbocycles. The first-order valence-corrected chi connectivity index (χ1v) is 6.05. The van der Waals surface area contributed by atoms with E-state index in [1.54, 1.807) is 6.07 Å². The highest BCUT2D eigenvalue weighted by Gasteiger charge is 2.20. The number of fused-ring (bicyclic) bond motifs is 1. The SMILES string of the molecule is CC(=O)NCC(O)C(O)c1ccc2c(c1)CCN2. The summed E-state index contributed by atoms with van der Waals surface area (Å²) in [5.41, 5.74) is 2.91. The van der Waals surface area contributed by atoms with Gasteiger partial charge in [0.05, 0.1) is 0 Å². The Labute approximate surface area is 106 Å². The maximum absolute atomic E-state index is 10.7. The van der Waals surface area contributed by atoms with Crippen molar-refractivity contribution in [2.75, 3.05) is 18.4 Å². The number of carbonyl (C=O) groups is 1. The highest BCUT2D eigenvalue weighted by molar-refractivity contribution is 5.72. The van der Waals surface area contributed by atoms with Crippen molar-refractivity contribution >= 4 is 11.6 Å². The summed E-state index contributed by atoms with van der Waals surface area (Å²) in [6.07, 6.45) is -1.05. The molecule has 1 aliphatic heterocycles. The monoisotopic (exact) mass is 250 g/mol. The number of nitrogens with one attached hydrogen (secondary N) is 2. The second-order valence-electron chi connectivity index (χ2n) is 4.54. The molecule has 0 fully saturated rings. The smallest absolute Gasteiger partial charge is 0.216 e. The van der Waals surface area contributed by atoms with Crippen LogP contribution in [0.25, 0.3) is 0 Å². The lowest BCUT2D eigenvalue weighted by Gasteiger charge is -2.19. The molecule has 0 aromatic heterocycles. The quantitative estimate of drug-likeness (QED) is 0.614. The minimum Gasteiger partial charge on any atom is -0.388 e. The van der Waals surface area contributed by atoms with Crippen molar-refractivity contribution in [3.05, 3.63) is 29.3 Å². The van der Waals surface area contributed by atoms with E-state index in [9.17, 15) is 15.0 Å². The van der Waals surface area contributed by atoms with Crippen LogP contribution < -0.4 is 10.6 Å². The number of amides is 1. The molecule has 2 unspecified atom stereocenters. The zero-order chi connectivity index (χ0) is 13.1. The van der Waals surface area contributed by atoms with Crippen LogP contribution in [0.1, 0.15) is 24.2 Å². The van der Waals surface area contributed by atoms with Crippen molar-refractivity contribution in [2.45, 2.75) is 25.6 Å². The molecule has 1 amide bonds. The molecule has 0 saturated heterocycles. The molecule has 1 aliphatic rings. The van der Waals surface area contributed by atoms with Gasteiger partial charge in [0.2, 0.25) is 5.91 Å². The van der Waals surface area contributed by atoms with Crippen molar-refractivity contribution in [2.24, 2.45) is 0 Å². The number of carbonyl (C=O) groups excluding carboxylic acids is 1. The molecular formula is C13H18N2O3. The molecule has 5 heteroatoms. The molecule has 0 spiro atoms. The number of rotatable bonds is 4. The molecule has 18 heavy (non-hydrogen) atoms. The molecule has 0 aliphatic carbocycles. The van der Waals surface area contributed by atoms with E-state index >= 15 is 0 Å². The van der Waals surface area contributed by atoms with E-state index in [-0.39, 0.29) is 12.5 Å². The van der Waals surface area contributed by atoms with Crippen LogP contribution in [0.4, 0.5) is 5.69 Å². The molecule has 5 nitrogen and oxygen atoms in total. The summed E-state index contributed by atoms with van der Waals surface area (Å²) in [6.45, 7) is 2.33. The maximum Gasteiger partial charge on any atom is 0.216 e. The Bertz CT molecular complexity index is 448. The van der Waals surface area contributed by atoms with Crippen LogP contribution in [-0.4, -0.2) is 35.3 Å². The van der Waals surface area contributed by atoms with Crippen molar-refractivity contribution < 1.29 is 15.0 Å². The second-order valence-corrected chi connectivity index (χ2v) is 4.54. The molecule has 2 rings (SSSR count). The van der Waals surface area contributed by atoms with Gasteiger partial charge >= 0.3 is 0 Å². The normalized spacial score (nSPS) is 16.6. The van der Waals surface area contributed by atoms with E-state index in [1.165, 1.54) is 6.92 Å². The van der Waals surface area contributed by atoms with Gasteiger partial charge in [0, 0.05) is 25.7 Å². The average Bonchev–Trinajstić information content (AvgIpc) is 2.81. The molecule has 0 radical (unpaired) electrons. The molecule has 98 valence electrons. The number of aliphatic hydroxyl groups is 2. The van der Waals surface area contributed by atoms with Crippen LogP contribution in [0, 0.1) is 0 Å².